The van der Waals surface area contributed by atoms with E-state index >= 15 is 0 Å². The third-order valence-electron chi connectivity index (χ3n) is 4.08. The topological polar surface area (TPSA) is 12.0 Å². The molecule has 1 nitrogen and oxygen atoms in total. The molecule has 0 spiro atoms. The van der Waals surface area contributed by atoms with Crippen molar-refractivity contribution in [2.45, 2.75) is 25.3 Å². The zero-order chi connectivity index (χ0) is 11.3. The summed E-state index contributed by atoms with van der Waals surface area (Å²) in [7, 11) is 2.09. The van der Waals surface area contributed by atoms with Gasteiger partial charge in [-0.25, -0.2) is 0 Å². The summed E-state index contributed by atoms with van der Waals surface area (Å²) in [5.74, 6) is 2.95. The summed E-state index contributed by atoms with van der Waals surface area (Å²) in [6.45, 7) is 0. The Morgan fingerprint density at radius 1 is 1.31 bits per heavy atom. The quantitative estimate of drug-likeness (QED) is 0.827. The fourth-order valence-electron chi connectivity index (χ4n) is 3.24. The second-order valence-corrected chi connectivity index (χ2v) is 8.78. The Kier molecular flexibility index (Phi) is 3.20. The van der Waals surface area contributed by atoms with Crippen molar-refractivity contribution in [1.82, 2.24) is 5.32 Å². The summed E-state index contributed by atoms with van der Waals surface area (Å²) >= 11 is 9.03. The standard InChI is InChI=1S/C12H15Br2NS/c1-15-11(8-3-6-2-7(6)4-8)9-5-10(13)16-12(9)14/h5-8,11,15H,2-4H2,1H3. The van der Waals surface area contributed by atoms with Gasteiger partial charge in [0.05, 0.1) is 7.57 Å². The van der Waals surface area contributed by atoms with E-state index in [-0.39, 0.29) is 0 Å². The predicted molar refractivity (Wildman–Crippen MR) is 75.8 cm³/mol. The zero-order valence-electron chi connectivity index (χ0n) is 9.17. The lowest BCUT2D eigenvalue weighted by Crippen LogP contribution is -2.24. The second-order valence-electron chi connectivity index (χ2n) is 5.03. The Morgan fingerprint density at radius 3 is 2.50 bits per heavy atom. The van der Waals surface area contributed by atoms with E-state index in [1.54, 1.807) is 11.3 Å². The molecule has 1 aromatic heterocycles. The lowest BCUT2D eigenvalue weighted by atomic mass is 9.91. The van der Waals surface area contributed by atoms with Crippen molar-refractivity contribution in [3.8, 4) is 0 Å². The van der Waals surface area contributed by atoms with Crippen LogP contribution in [0.3, 0.4) is 0 Å². The SMILES string of the molecule is CNC(c1cc(Br)sc1Br)C1CC2CC2C1. The van der Waals surface area contributed by atoms with E-state index in [1.807, 2.05) is 0 Å². The fraction of sp³-hybridized carbons (Fsp3) is 0.667. The van der Waals surface area contributed by atoms with Gasteiger partial charge in [0.25, 0.3) is 0 Å². The molecule has 88 valence electrons. The third-order valence-corrected chi connectivity index (χ3v) is 6.47. The Morgan fingerprint density at radius 2 is 2.00 bits per heavy atom. The van der Waals surface area contributed by atoms with Crippen molar-refractivity contribution in [2.75, 3.05) is 7.05 Å². The normalized spacial score (nSPS) is 33.8. The van der Waals surface area contributed by atoms with Gasteiger partial charge in [-0.05, 0) is 87.6 Å². The van der Waals surface area contributed by atoms with E-state index < -0.39 is 0 Å². The van der Waals surface area contributed by atoms with Crippen molar-refractivity contribution in [1.29, 1.82) is 0 Å². The van der Waals surface area contributed by atoms with Crippen LogP contribution in [0.4, 0.5) is 0 Å². The van der Waals surface area contributed by atoms with E-state index in [9.17, 15) is 0 Å². The Hall–Kier alpha value is 0.620. The van der Waals surface area contributed by atoms with Crippen LogP contribution in [-0.4, -0.2) is 7.05 Å². The molecule has 1 N–H and O–H groups in total. The molecule has 0 amide bonds. The van der Waals surface area contributed by atoms with Crippen molar-refractivity contribution in [3.05, 3.63) is 19.2 Å². The highest BCUT2D eigenvalue weighted by Gasteiger charge is 2.48. The molecular weight excluding hydrogens is 350 g/mol. The maximum Gasteiger partial charge on any atom is 0.0758 e. The van der Waals surface area contributed by atoms with Crippen LogP contribution in [0, 0.1) is 17.8 Å². The van der Waals surface area contributed by atoms with Crippen molar-refractivity contribution in [2.24, 2.45) is 17.8 Å². The van der Waals surface area contributed by atoms with Crippen molar-refractivity contribution < 1.29 is 0 Å². The maximum absolute atomic E-state index is 3.68. The van der Waals surface area contributed by atoms with E-state index in [2.05, 4.69) is 50.3 Å². The summed E-state index contributed by atoms with van der Waals surface area (Å²) < 4.78 is 2.50. The molecule has 0 aromatic carbocycles. The van der Waals surface area contributed by atoms with Crippen LogP contribution in [0.2, 0.25) is 0 Å². The Bertz CT molecular complexity index is 394. The van der Waals surface area contributed by atoms with Crippen LogP contribution in [0.25, 0.3) is 0 Å². The number of fused-ring (bicyclic) bond motifs is 1. The predicted octanol–water partition coefficient (Wildman–Crippen LogP) is 4.58. The number of nitrogens with one attached hydrogen (secondary N) is 1. The molecule has 4 heteroatoms. The molecule has 0 saturated heterocycles. The van der Waals surface area contributed by atoms with Gasteiger partial charge < -0.3 is 5.32 Å². The minimum Gasteiger partial charge on any atom is -0.313 e. The minimum atomic E-state index is 0.532. The average molecular weight is 365 g/mol. The van der Waals surface area contributed by atoms with Gasteiger partial charge in [0.2, 0.25) is 0 Å². The van der Waals surface area contributed by atoms with Gasteiger partial charge in [0.15, 0.2) is 0 Å². The zero-order valence-corrected chi connectivity index (χ0v) is 13.2. The van der Waals surface area contributed by atoms with Crippen molar-refractivity contribution >= 4 is 43.2 Å². The summed E-state index contributed by atoms with van der Waals surface area (Å²) in [4.78, 5) is 0. The Balaban J connectivity index is 1.82. The van der Waals surface area contributed by atoms with Crippen LogP contribution in [0.5, 0.6) is 0 Å². The largest absolute Gasteiger partial charge is 0.313 e. The first kappa shape index (κ1) is 11.7. The van der Waals surface area contributed by atoms with Crippen LogP contribution in [0.15, 0.2) is 13.6 Å². The lowest BCUT2D eigenvalue weighted by Gasteiger charge is -2.24. The highest BCUT2D eigenvalue weighted by Crippen LogP contribution is 2.57. The first-order valence-corrected chi connectivity index (χ1v) is 8.21. The average Bonchev–Trinajstić information content (AvgIpc) is 2.70. The number of halogens is 2. The molecule has 3 unspecified atom stereocenters. The monoisotopic (exact) mass is 363 g/mol. The minimum absolute atomic E-state index is 0.532. The summed E-state index contributed by atoms with van der Waals surface area (Å²) in [6.07, 6.45) is 4.35. The highest BCUT2D eigenvalue weighted by atomic mass is 79.9. The number of thiophene rings is 1. The molecule has 3 atom stereocenters. The molecule has 2 saturated carbocycles. The van der Waals surface area contributed by atoms with E-state index in [1.165, 1.54) is 32.4 Å². The van der Waals surface area contributed by atoms with Crippen molar-refractivity contribution in [3.63, 3.8) is 0 Å². The van der Waals surface area contributed by atoms with Gasteiger partial charge in [-0.3, -0.25) is 0 Å². The van der Waals surface area contributed by atoms with Gasteiger partial charge in [0, 0.05) is 6.04 Å². The summed E-state index contributed by atoms with van der Waals surface area (Å²) in [5.41, 5.74) is 1.44. The van der Waals surface area contributed by atoms with Crippen LogP contribution in [-0.2, 0) is 0 Å². The summed E-state index contributed by atoms with van der Waals surface area (Å²) in [5, 5.41) is 3.51. The third kappa shape index (κ3) is 2.02. The fourth-order valence-corrected chi connectivity index (χ4v) is 6.17. The van der Waals surface area contributed by atoms with Gasteiger partial charge in [0.1, 0.15) is 0 Å². The number of rotatable bonds is 3. The van der Waals surface area contributed by atoms with Gasteiger partial charge >= 0.3 is 0 Å². The van der Waals surface area contributed by atoms with Crippen LogP contribution < -0.4 is 5.32 Å². The molecule has 1 aromatic rings. The smallest absolute Gasteiger partial charge is 0.0758 e. The highest BCUT2D eigenvalue weighted by molar-refractivity contribution is 9.12. The molecule has 2 aliphatic rings. The molecular formula is C12H15Br2NS. The Labute approximate surface area is 117 Å². The van der Waals surface area contributed by atoms with E-state index in [0.29, 0.717) is 6.04 Å². The molecule has 2 aliphatic carbocycles. The maximum atomic E-state index is 3.68. The number of hydrogen-bond donors (Lipinski definition) is 1. The van der Waals surface area contributed by atoms with Gasteiger partial charge in [-0.2, -0.15) is 0 Å². The van der Waals surface area contributed by atoms with E-state index in [0.717, 1.165) is 17.8 Å². The lowest BCUT2D eigenvalue weighted by molar-refractivity contribution is 0.359. The van der Waals surface area contributed by atoms with E-state index in [4.69, 9.17) is 0 Å². The van der Waals surface area contributed by atoms with Gasteiger partial charge in [-0.15, -0.1) is 11.3 Å². The number of hydrogen-bond acceptors (Lipinski definition) is 2. The molecule has 16 heavy (non-hydrogen) atoms. The molecule has 3 rings (SSSR count). The molecule has 1 heterocycles. The molecule has 0 radical (unpaired) electrons. The molecule has 0 aliphatic heterocycles. The van der Waals surface area contributed by atoms with Gasteiger partial charge in [-0.1, -0.05) is 0 Å². The first-order chi connectivity index (χ1) is 7.69. The summed E-state index contributed by atoms with van der Waals surface area (Å²) in [6, 6.07) is 2.80. The molecule has 0 bridgehead atoms. The second kappa shape index (κ2) is 4.38. The molecule has 2 fully saturated rings. The van der Waals surface area contributed by atoms with Crippen LogP contribution in [0.1, 0.15) is 30.9 Å². The van der Waals surface area contributed by atoms with Crippen LogP contribution >= 0.6 is 43.2 Å². The first-order valence-electron chi connectivity index (χ1n) is 5.81.